The highest BCUT2D eigenvalue weighted by molar-refractivity contribution is 5.84. The fraction of sp³-hybridized carbons (Fsp3) is 0.933. The number of alkyl halides is 2. The molecule has 2 fully saturated rings. The van der Waals surface area contributed by atoms with Crippen LogP contribution >= 0.6 is 0 Å². The Balaban J connectivity index is 1.83. The highest BCUT2D eigenvalue weighted by atomic mass is 19.3. The SMILES string of the molecule is C[C@H](CNC(=O)C(F)(F)C1(O)CCCC1)CC1(C)OCCO1. The predicted molar refractivity (Wildman–Crippen MR) is 75.5 cm³/mol. The second kappa shape index (κ2) is 6.37. The standard InChI is InChI=1S/C15H25F2NO4/c1-11(9-13(2)21-7-8-22-13)10-18-12(19)15(16,17)14(20)5-3-4-6-14/h11,20H,3-10H2,1-2H3,(H,18,19)/t11-/m0/s1. The summed E-state index contributed by atoms with van der Waals surface area (Å²) < 4.78 is 39.2. The highest BCUT2D eigenvalue weighted by Gasteiger charge is 2.59. The Labute approximate surface area is 129 Å². The molecular weight excluding hydrogens is 296 g/mol. The summed E-state index contributed by atoms with van der Waals surface area (Å²) in [4.78, 5) is 11.8. The molecule has 0 radical (unpaired) electrons. The molecule has 1 atom stereocenters. The molecule has 1 aliphatic heterocycles. The summed E-state index contributed by atoms with van der Waals surface area (Å²) in [7, 11) is 0. The van der Waals surface area contributed by atoms with Crippen LogP contribution in [0.15, 0.2) is 0 Å². The zero-order valence-corrected chi connectivity index (χ0v) is 13.2. The van der Waals surface area contributed by atoms with Crippen LogP contribution in [0.4, 0.5) is 8.78 Å². The Kier molecular flexibility index (Phi) is 5.09. The molecule has 2 rings (SSSR count). The highest BCUT2D eigenvalue weighted by Crippen LogP contribution is 2.42. The maximum Gasteiger partial charge on any atom is 0.352 e. The smallest absolute Gasteiger partial charge is 0.352 e. The third kappa shape index (κ3) is 3.58. The predicted octanol–water partition coefficient (Wildman–Crippen LogP) is 1.83. The van der Waals surface area contributed by atoms with E-state index in [1.54, 1.807) is 6.92 Å². The van der Waals surface area contributed by atoms with Crippen molar-refractivity contribution in [2.24, 2.45) is 5.92 Å². The first kappa shape index (κ1) is 17.6. The lowest BCUT2D eigenvalue weighted by molar-refractivity contribution is -0.191. The van der Waals surface area contributed by atoms with E-state index in [-0.39, 0.29) is 25.3 Å². The van der Waals surface area contributed by atoms with E-state index in [1.165, 1.54) is 0 Å². The van der Waals surface area contributed by atoms with Gasteiger partial charge in [-0.25, -0.2) is 0 Å². The van der Waals surface area contributed by atoms with Crippen molar-refractivity contribution >= 4 is 5.91 Å². The molecule has 128 valence electrons. The van der Waals surface area contributed by atoms with Crippen molar-refractivity contribution in [3.63, 3.8) is 0 Å². The number of carbonyl (C=O) groups is 1. The minimum atomic E-state index is -3.76. The van der Waals surface area contributed by atoms with Crippen LogP contribution in [-0.2, 0) is 14.3 Å². The summed E-state index contributed by atoms with van der Waals surface area (Å²) in [6.45, 7) is 4.75. The lowest BCUT2D eigenvalue weighted by atomic mass is 9.92. The molecule has 2 aliphatic rings. The number of hydrogen-bond donors (Lipinski definition) is 2. The summed E-state index contributed by atoms with van der Waals surface area (Å²) in [5.74, 6) is -5.95. The van der Waals surface area contributed by atoms with Crippen LogP contribution < -0.4 is 5.32 Å². The molecule has 5 nitrogen and oxygen atoms in total. The van der Waals surface area contributed by atoms with Crippen LogP contribution in [0.5, 0.6) is 0 Å². The fourth-order valence-electron chi connectivity index (χ4n) is 3.24. The number of hydrogen-bond acceptors (Lipinski definition) is 4. The van der Waals surface area contributed by atoms with Crippen molar-refractivity contribution < 1.29 is 28.2 Å². The van der Waals surface area contributed by atoms with Gasteiger partial charge in [-0.3, -0.25) is 4.79 Å². The van der Waals surface area contributed by atoms with Gasteiger partial charge in [0.1, 0.15) is 5.60 Å². The van der Waals surface area contributed by atoms with Gasteiger partial charge >= 0.3 is 5.92 Å². The van der Waals surface area contributed by atoms with Gasteiger partial charge in [0.15, 0.2) is 5.79 Å². The molecule has 22 heavy (non-hydrogen) atoms. The van der Waals surface area contributed by atoms with Crippen molar-refractivity contribution in [3.05, 3.63) is 0 Å². The number of rotatable bonds is 6. The molecule has 1 heterocycles. The van der Waals surface area contributed by atoms with Crippen LogP contribution in [0.2, 0.25) is 0 Å². The zero-order valence-electron chi connectivity index (χ0n) is 13.2. The zero-order chi connectivity index (χ0) is 16.4. The van der Waals surface area contributed by atoms with Gasteiger partial charge in [0, 0.05) is 13.0 Å². The number of nitrogens with one attached hydrogen (secondary N) is 1. The van der Waals surface area contributed by atoms with Gasteiger partial charge in [-0.15, -0.1) is 0 Å². The summed E-state index contributed by atoms with van der Waals surface area (Å²) in [6.07, 6.45) is 1.46. The van der Waals surface area contributed by atoms with Gasteiger partial charge in [0.25, 0.3) is 5.91 Å². The van der Waals surface area contributed by atoms with Crippen LogP contribution in [0, 0.1) is 5.92 Å². The van der Waals surface area contributed by atoms with Crippen LogP contribution in [0.1, 0.15) is 46.0 Å². The first-order valence-electron chi connectivity index (χ1n) is 7.85. The lowest BCUT2D eigenvalue weighted by Gasteiger charge is -2.31. The van der Waals surface area contributed by atoms with Crippen molar-refractivity contribution in [2.45, 2.75) is 63.3 Å². The summed E-state index contributed by atoms with van der Waals surface area (Å²) in [5, 5.41) is 12.2. The van der Waals surface area contributed by atoms with Gasteiger partial charge in [-0.05, 0) is 25.7 Å². The molecule has 0 aromatic heterocycles. The molecule has 1 aliphatic carbocycles. The van der Waals surface area contributed by atoms with E-state index in [9.17, 15) is 18.7 Å². The Morgan fingerprint density at radius 1 is 1.32 bits per heavy atom. The maximum absolute atomic E-state index is 14.1. The van der Waals surface area contributed by atoms with Gasteiger partial charge in [-0.1, -0.05) is 19.8 Å². The summed E-state index contributed by atoms with van der Waals surface area (Å²) in [5.41, 5.74) is -2.20. The number of aliphatic hydroxyl groups is 1. The second-order valence-electron chi connectivity index (χ2n) is 6.66. The molecule has 0 bridgehead atoms. The molecule has 1 amide bonds. The van der Waals surface area contributed by atoms with Crippen molar-refractivity contribution in [3.8, 4) is 0 Å². The third-order valence-corrected chi connectivity index (χ3v) is 4.53. The van der Waals surface area contributed by atoms with E-state index in [0.29, 0.717) is 32.5 Å². The Morgan fingerprint density at radius 2 is 1.86 bits per heavy atom. The molecule has 7 heteroatoms. The Bertz CT molecular complexity index is 404. The number of carbonyl (C=O) groups excluding carboxylic acids is 1. The van der Waals surface area contributed by atoms with E-state index in [2.05, 4.69) is 5.32 Å². The monoisotopic (exact) mass is 321 g/mol. The van der Waals surface area contributed by atoms with Crippen LogP contribution in [-0.4, -0.2) is 48.1 Å². The Hall–Kier alpha value is -0.790. The van der Waals surface area contributed by atoms with Crippen LogP contribution in [0.3, 0.4) is 0 Å². The second-order valence-corrected chi connectivity index (χ2v) is 6.66. The topological polar surface area (TPSA) is 67.8 Å². The van der Waals surface area contributed by atoms with Crippen molar-refractivity contribution in [1.82, 2.24) is 5.32 Å². The van der Waals surface area contributed by atoms with Gasteiger partial charge < -0.3 is 19.9 Å². The third-order valence-electron chi connectivity index (χ3n) is 4.53. The molecule has 0 aromatic rings. The average Bonchev–Trinajstić information content (AvgIpc) is 3.06. The molecule has 1 saturated carbocycles. The average molecular weight is 321 g/mol. The molecule has 0 unspecified atom stereocenters. The maximum atomic E-state index is 14.1. The van der Waals surface area contributed by atoms with E-state index < -0.39 is 23.2 Å². The number of ether oxygens (including phenoxy) is 2. The van der Waals surface area contributed by atoms with Crippen LogP contribution in [0.25, 0.3) is 0 Å². The first-order valence-corrected chi connectivity index (χ1v) is 7.85. The number of halogens is 2. The minimum Gasteiger partial charge on any atom is -0.383 e. The lowest BCUT2D eigenvalue weighted by Crippen LogP contribution is -2.56. The molecule has 2 N–H and O–H groups in total. The molecule has 1 saturated heterocycles. The van der Waals surface area contributed by atoms with Crippen molar-refractivity contribution in [1.29, 1.82) is 0 Å². The van der Waals surface area contributed by atoms with E-state index in [1.807, 2.05) is 6.92 Å². The normalized spacial score (nSPS) is 25.1. The summed E-state index contributed by atoms with van der Waals surface area (Å²) >= 11 is 0. The number of amides is 1. The Morgan fingerprint density at radius 3 is 2.41 bits per heavy atom. The van der Waals surface area contributed by atoms with E-state index >= 15 is 0 Å². The molecular formula is C15H25F2NO4. The fourth-order valence-corrected chi connectivity index (χ4v) is 3.24. The molecule has 0 aromatic carbocycles. The minimum absolute atomic E-state index is 0.0390. The largest absolute Gasteiger partial charge is 0.383 e. The van der Waals surface area contributed by atoms with E-state index in [4.69, 9.17) is 9.47 Å². The summed E-state index contributed by atoms with van der Waals surface area (Å²) in [6, 6.07) is 0. The molecule has 0 spiro atoms. The van der Waals surface area contributed by atoms with Gasteiger partial charge in [0.05, 0.1) is 13.2 Å². The van der Waals surface area contributed by atoms with Gasteiger partial charge in [-0.2, -0.15) is 8.78 Å². The quantitative estimate of drug-likeness (QED) is 0.783. The van der Waals surface area contributed by atoms with Crippen molar-refractivity contribution in [2.75, 3.05) is 19.8 Å². The first-order chi connectivity index (χ1) is 10.2. The van der Waals surface area contributed by atoms with Gasteiger partial charge in [0.2, 0.25) is 0 Å². The van der Waals surface area contributed by atoms with E-state index in [0.717, 1.165) is 0 Å².